The fourth-order valence-electron chi connectivity index (χ4n) is 1.82. The molecule has 0 fully saturated rings. The molecule has 1 rings (SSSR count). The number of nitrogens with one attached hydrogen (secondary N) is 1. The number of hydrogen-bond acceptors (Lipinski definition) is 4. The van der Waals surface area contributed by atoms with Crippen molar-refractivity contribution in [3.63, 3.8) is 0 Å². The summed E-state index contributed by atoms with van der Waals surface area (Å²) in [7, 11) is -4.40. The van der Waals surface area contributed by atoms with Gasteiger partial charge < -0.3 is 0 Å². The van der Waals surface area contributed by atoms with E-state index in [0.29, 0.717) is 5.56 Å². The maximum Gasteiger partial charge on any atom is 0.278 e. The zero-order chi connectivity index (χ0) is 17.7. The molecule has 0 saturated heterocycles. The first-order valence-corrected chi connectivity index (χ1v) is 10.2. The first-order chi connectivity index (χ1) is 10.5. The molecule has 0 atom stereocenters. The van der Waals surface area contributed by atoms with E-state index in [-0.39, 0.29) is 26.1 Å². The van der Waals surface area contributed by atoms with Crippen LogP contribution in [-0.2, 0) is 26.7 Å². The molecule has 0 unspecified atom stereocenters. The third-order valence-electron chi connectivity index (χ3n) is 3.18. The lowest BCUT2D eigenvalue weighted by molar-refractivity contribution is 0.414. The van der Waals surface area contributed by atoms with Crippen LogP contribution in [0.25, 0.3) is 0 Å². The van der Waals surface area contributed by atoms with Crippen LogP contribution >= 0.6 is 0 Å². The van der Waals surface area contributed by atoms with Crippen molar-refractivity contribution in [1.29, 1.82) is 0 Å². The van der Waals surface area contributed by atoms with Crippen LogP contribution in [0, 0.1) is 5.82 Å². The van der Waals surface area contributed by atoms with Crippen molar-refractivity contribution in [3.8, 4) is 0 Å². The minimum Gasteiger partial charge on any atom is -0.213 e. The zero-order valence-electron chi connectivity index (χ0n) is 13.4. The molecule has 10 heteroatoms. The maximum atomic E-state index is 13.6. The van der Waals surface area contributed by atoms with Gasteiger partial charge in [-0.3, -0.25) is 0 Å². The molecule has 0 radical (unpaired) electrons. The van der Waals surface area contributed by atoms with Crippen LogP contribution in [0.3, 0.4) is 0 Å². The molecule has 0 heterocycles. The second kappa shape index (κ2) is 8.15. The molecular formula is C13H22FN3O4S2. The number of halogens is 1. The Labute approximate surface area is 137 Å². The van der Waals surface area contributed by atoms with Crippen LogP contribution in [0.1, 0.15) is 5.56 Å². The second-order valence-electron chi connectivity index (χ2n) is 5.19. The third-order valence-corrected chi connectivity index (χ3v) is 6.02. The van der Waals surface area contributed by atoms with Crippen LogP contribution in [0.2, 0.25) is 0 Å². The molecule has 1 aromatic carbocycles. The average Bonchev–Trinajstić information content (AvgIpc) is 2.42. The summed E-state index contributed by atoms with van der Waals surface area (Å²) in [6.07, 6.45) is 1.25. The Balaban J connectivity index is 2.67. The standard InChI is InChI=1S/C13H22FN3O4S2/c1-16(2)23(20,21)15-9-11-17(22(3,18)19)10-8-12-6-4-5-7-13(12)14/h4-7,15H,8-11H2,1-3H3. The summed E-state index contributed by atoms with van der Waals surface area (Å²) in [6.45, 7) is -0.0192. The number of sulfonamides is 1. The van der Waals surface area contributed by atoms with E-state index >= 15 is 0 Å². The zero-order valence-corrected chi connectivity index (χ0v) is 15.0. The second-order valence-corrected chi connectivity index (χ2v) is 9.14. The van der Waals surface area contributed by atoms with Crippen molar-refractivity contribution in [2.45, 2.75) is 6.42 Å². The van der Waals surface area contributed by atoms with E-state index < -0.39 is 26.0 Å². The highest BCUT2D eigenvalue weighted by Crippen LogP contribution is 2.09. The van der Waals surface area contributed by atoms with Crippen LogP contribution in [-0.4, -0.2) is 65.4 Å². The van der Waals surface area contributed by atoms with Gasteiger partial charge in [0.15, 0.2) is 0 Å². The van der Waals surface area contributed by atoms with Crippen LogP contribution in [0.5, 0.6) is 0 Å². The molecule has 0 amide bonds. The summed E-state index contributed by atoms with van der Waals surface area (Å²) in [5.41, 5.74) is 0.412. The topological polar surface area (TPSA) is 86.8 Å². The SMILES string of the molecule is CN(C)S(=O)(=O)NCCN(CCc1ccccc1F)S(C)(=O)=O. The lowest BCUT2D eigenvalue weighted by Gasteiger charge is -2.21. The van der Waals surface area contributed by atoms with Crippen LogP contribution in [0.15, 0.2) is 24.3 Å². The van der Waals surface area contributed by atoms with E-state index in [0.717, 1.165) is 14.9 Å². The number of hydrogen-bond donors (Lipinski definition) is 1. The van der Waals surface area contributed by atoms with Gasteiger partial charge in [0, 0.05) is 33.7 Å². The normalized spacial score (nSPS) is 13.0. The summed E-state index contributed by atoms with van der Waals surface area (Å²) in [5, 5.41) is 0. The van der Waals surface area contributed by atoms with Gasteiger partial charge in [0.2, 0.25) is 10.0 Å². The molecular weight excluding hydrogens is 345 g/mol. The first kappa shape index (κ1) is 20.0. The van der Waals surface area contributed by atoms with Gasteiger partial charge in [0.1, 0.15) is 5.82 Å². The van der Waals surface area contributed by atoms with E-state index in [2.05, 4.69) is 4.72 Å². The van der Waals surface area contributed by atoms with Crippen molar-refractivity contribution in [3.05, 3.63) is 35.6 Å². The molecule has 132 valence electrons. The molecule has 0 aromatic heterocycles. The van der Waals surface area contributed by atoms with Crippen molar-refractivity contribution >= 4 is 20.2 Å². The smallest absolute Gasteiger partial charge is 0.213 e. The Hall–Kier alpha value is -1.07. The molecule has 23 heavy (non-hydrogen) atoms. The Morgan fingerprint density at radius 2 is 1.70 bits per heavy atom. The summed E-state index contributed by atoms with van der Waals surface area (Å²) in [6, 6.07) is 6.13. The average molecular weight is 367 g/mol. The van der Waals surface area contributed by atoms with E-state index in [1.807, 2.05) is 0 Å². The Kier molecular flexibility index (Phi) is 7.08. The highest BCUT2D eigenvalue weighted by atomic mass is 32.2. The molecule has 0 bridgehead atoms. The van der Waals surface area contributed by atoms with Crippen LogP contribution < -0.4 is 4.72 Å². The highest BCUT2D eigenvalue weighted by molar-refractivity contribution is 7.88. The molecule has 1 aromatic rings. The Morgan fingerprint density at radius 1 is 1.09 bits per heavy atom. The lowest BCUT2D eigenvalue weighted by Crippen LogP contribution is -2.42. The van der Waals surface area contributed by atoms with Crippen molar-refractivity contribution in [1.82, 2.24) is 13.3 Å². The molecule has 0 saturated carbocycles. The predicted octanol–water partition coefficient (Wildman–Crippen LogP) is 0.0258. The third kappa shape index (κ3) is 6.51. The molecule has 0 aliphatic carbocycles. The van der Waals surface area contributed by atoms with Gasteiger partial charge in [-0.1, -0.05) is 18.2 Å². The highest BCUT2D eigenvalue weighted by Gasteiger charge is 2.19. The summed E-state index contributed by atoms with van der Waals surface area (Å²) in [4.78, 5) is 0. The number of rotatable bonds is 9. The summed E-state index contributed by atoms with van der Waals surface area (Å²) >= 11 is 0. The molecule has 7 nitrogen and oxygen atoms in total. The summed E-state index contributed by atoms with van der Waals surface area (Å²) in [5.74, 6) is -0.394. The lowest BCUT2D eigenvalue weighted by atomic mass is 10.1. The quantitative estimate of drug-likeness (QED) is 0.667. The van der Waals surface area contributed by atoms with Gasteiger partial charge in [0.05, 0.1) is 6.26 Å². The predicted molar refractivity (Wildman–Crippen MR) is 87.1 cm³/mol. The van der Waals surface area contributed by atoms with Gasteiger partial charge >= 0.3 is 0 Å². The summed E-state index contributed by atoms with van der Waals surface area (Å²) < 4.78 is 64.7. The van der Waals surface area contributed by atoms with Gasteiger partial charge in [-0.25, -0.2) is 21.8 Å². The van der Waals surface area contributed by atoms with E-state index in [1.165, 1.54) is 20.2 Å². The molecule has 0 spiro atoms. The molecule has 1 N–H and O–H groups in total. The fraction of sp³-hybridized carbons (Fsp3) is 0.538. The van der Waals surface area contributed by atoms with Gasteiger partial charge in [0.25, 0.3) is 10.2 Å². The minimum absolute atomic E-state index is 0.0274. The largest absolute Gasteiger partial charge is 0.278 e. The van der Waals surface area contributed by atoms with Gasteiger partial charge in [-0.2, -0.15) is 12.7 Å². The van der Waals surface area contributed by atoms with E-state index in [9.17, 15) is 21.2 Å². The molecule has 0 aliphatic heterocycles. The fourth-order valence-corrected chi connectivity index (χ4v) is 3.27. The van der Waals surface area contributed by atoms with Crippen molar-refractivity contribution in [2.24, 2.45) is 0 Å². The Bertz CT molecular complexity index is 720. The molecule has 0 aliphatic rings. The Morgan fingerprint density at radius 3 is 2.22 bits per heavy atom. The van der Waals surface area contributed by atoms with Crippen molar-refractivity contribution in [2.75, 3.05) is 40.0 Å². The number of benzene rings is 1. The van der Waals surface area contributed by atoms with E-state index in [4.69, 9.17) is 0 Å². The van der Waals surface area contributed by atoms with Crippen LogP contribution in [0.4, 0.5) is 4.39 Å². The number of nitrogens with zero attached hydrogens (tertiary/aromatic N) is 2. The minimum atomic E-state index is -3.61. The first-order valence-electron chi connectivity index (χ1n) is 6.89. The van der Waals surface area contributed by atoms with E-state index in [1.54, 1.807) is 18.2 Å². The maximum absolute atomic E-state index is 13.6. The van der Waals surface area contributed by atoms with Crippen molar-refractivity contribution < 1.29 is 21.2 Å². The monoisotopic (exact) mass is 367 g/mol. The van der Waals surface area contributed by atoms with Gasteiger partial charge in [-0.15, -0.1) is 0 Å². The van der Waals surface area contributed by atoms with Gasteiger partial charge in [-0.05, 0) is 18.1 Å².